The number of para-hydroxylation sites is 1. The number of hydrogen-bond donors (Lipinski definition) is 0. The van der Waals surface area contributed by atoms with Crippen molar-refractivity contribution >= 4 is 29.0 Å². The molecule has 1 amide bonds. The Morgan fingerprint density at radius 2 is 1.66 bits per heavy atom. The Labute approximate surface area is 211 Å². The first-order valence-corrected chi connectivity index (χ1v) is 12.5. The van der Waals surface area contributed by atoms with Gasteiger partial charge in [0.05, 0.1) is 12.8 Å². The van der Waals surface area contributed by atoms with Crippen LogP contribution < -0.4 is 14.5 Å². The van der Waals surface area contributed by atoms with Crippen molar-refractivity contribution in [2.45, 2.75) is 12.8 Å². The molecule has 7 nitrogen and oxygen atoms in total. The fourth-order valence-electron chi connectivity index (χ4n) is 4.97. The normalized spacial score (nSPS) is 16.9. The number of amides is 1. The van der Waals surface area contributed by atoms with Gasteiger partial charge in [-0.05, 0) is 55.3 Å². The minimum atomic E-state index is 0.0739. The Kier molecular flexibility index (Phi) is 7.04. The van der Waals surface area contributed by atoms with Crippen LogP contribution in [0.25, 0.3) is 11.3 Å². The molecule has 1 aromatic heterocycles. The van der Waals surface area contributed by atoms with Gasteiger partial charge in [0.2, 0.25) is 5.91 Å². The number of piperazine rings is 1. The molecule has 2 aliphatic heterocycles. The van der Waals surface area contributed by atoms with E-state index in [4.69, 9.17) is 16.3 Å². The lowest BCUT2D eigenvalue weighted by atomic mass is 9.95. The van der Waals surface area contributed by atoms with Gasteiger partial charge in [0, 0.05) is 61.5 Å². The van der Waals surface area contributed by atoms with Gasteiger partial charge >= 0.3 is 0 Å². The third-order valence-electron chi connectivity index (χ3n) is 6.97. The highest BCUT2D eigenvalue weighted by Gasteiger charge is 2.31. The molecule has 0 atom stereocenters. The Bertz CT molecular complexity index is 1160. The van der Waals surface area contributed by atoms with Crippen LogP contribution in [0.4, 0.5) is 11.5 Å². The molecule has 0 N–H and O–H groups in total. The molecular formula is C27H30ClN5O2. The maximum atomic E-state index is 13.2. The Morgan fingerprint density at radius 3 is 2.34 bits per heavy atom. The van der Waals surface area contributed by atoms with Gasteiger partial charge in [0.25, 0.3) is 0 Å². The van der Waals surface area contributed by atoms with Crippen LogP contribution >= 0.6 is 11.6 Å². The first-order chi connectivity index (χ1) is 17.1. The molecule has 182 valence electrons. The first kappa shape index (κ1) is 23.4. The standard InChI is InChI=1S/C27H30ClN5O2/c1-35-25-8-3-2-7-23(25)24-9-10-26(30-29-24)32-13-11-20(12-14-32)27(34)33-17-15-31(16-18-33)22-6-4-5-21(28)19-22/h2-10,19-20H,11-18H2,1H3. The summed E-state index contributed by atoms with van der Waals surface area (Å²) < 4.78 is 5.44. The molecular weight excluding hydrogens is 462 g/mol. The number of halogens is 1. The molecule has 2 saturated heterocycles. The predicted octanol–water partition coefficient (Wildman–Crippen LogP) is 4.37. The highest BCUT2D eigenvalue weighted by molar-refractivity contribution is 6.30. The van der Waals surface area contributed by atoms with E-state index < -0.39 is 0 Å². The van der Waals surface area contributed by atoms with E-state index in [1.165, 1.54) is 0 Å². The van der Waals surface area contributed by atoms with Crippen LogP contribution in [-0.4, -0.2) is 67.4 Å². The maximum absolute atomic E-state index is 13.2. The van der Waals surface area contributed by atoms with Crippen LogP contribution in [0, 0.1) is 5.92 Å². The van der Waals surface area contributed by atoms with Crippen LogP contribution in [0.2, 0.25) is 5.02 Å². The lowest BCUT2D eigenvalue weighted by Crippen LogP contribution is -2.51. The van der Waals surface area contributed by atoms with Crippen LogP contribution in [0.1, 0.15) is 12.8 Å². The fraction of sp³-hybridized carbons (Fsp3) is 0.370. The zero-order chi connectivity index (χ0) is 24.2. The van der Waals surface area contributed by atoms with Crippen LogP contribution in [0.5, 0.6) is 5.75 Å². The predicted molar refractivity (Wildman–Crippen MR) is 139 cm³/mol. The van der Waals surface area contributed by atoms with Crippen molar-refractivity contribution in [3.05, 3.63) is 65.7 Å². The molecule has 3 aromatic rings. The Morgan fingerprint density at radius 1 is 0.886 bits per heavy atom. The van der Waals surface area contributed by atoms with Crippen molar-refractivity contribution in [2.24, 2.45) is 5.92 Å². The van der Waals surface area contributed by atoms with Crippen molar-refractivity contribution in [2.75, 3.05) is 56.2 Å². The number of rotatable bonds is 5. The largest absolute Gasteiger partial charge is 0.496 e. The molecule has 0 aliphatic carbocycles. The van der Waals surface area contributed by atoms with Gasteiger partial charge in [-0.2, -0.15) is 0 Å². The second-order valence-electron chi connectivity index (χ2n) is 9.03. The smallest absolute Gasteiger partial charge is 0.225 e. The van der Waals surface area contributed by atoms with E-state index >= 15 is 0 Å². The van der Waals surface area contributed by atoms with E-state index in [-0.39, 0.29) is 11.8 Å². The molecule has 0 bridgehead atoms. The zero-order valence-corrected chi connectivity index (χ0v) is 20.7. The van der Waals surface area contributed by atoms with Gasteiger partial charge in [-0.25, -0.2) is 0 Å². The van der Waals surface area contributed by atoms with Crippen LogP contribution in [0.15, 0.2) is 60.7 Å². The highest BCUT2D eigenvalue weighted by atomic mass is 35.5. The first-order valence-electron chi connectivity index (χ1n) is 12.1. The van der Waals surface area contributed by atoms with Crippen LogP contribution in [-0.2, 0) is 4.79 Å². The molecule has 2 aromatic carbocycles. The van der Waals surface area contributed by atoms with E-state index in [0.29, 0.717) is 0 Å². The number of anilines is 2. The lowest BCUT2D eigenvalue weighted by Gasteiger charge is -2.39. The van der Waals surface area contributed by atoms with Crippen molar-refractivity contribution in [3.63, 3.8) is 0 Å². The van der Waals surface area contributed by atoms with E-state index in [0.717, 1.165) is 85.6 Å². The number of benzene rings is 2. The molecule has 0 unspecified atom stereocenters. The zero-order valence-electron chi connectivity index (χ0n) is 19.9. The molecule has 5 rings (SSSR count). The van der Waals surface area contributed by atoms with Gasteiger partial charge in [-0.3, -0.25) is 4.79 Å². The number of nitrogens with zero attached hydrogens (tertiary/aromatic N) is 5. The molecule has 2 aliphatic rings. The Balaban J connectivity index is 1.14. The van der Waals surface area contributed by atoms with E-state index in [9.17, 15) is 4.79 Å². The average Bonchev–Trinajstić information content (AvgIpc) is 2.93. The van der Waals surface area contributed by atoms with Crippen molar-refractivity contribution in [1.82, 2.24) is 15.1 Å². The summed E-state index contributed by atoms with van der Waals surface area (Å²) in [5.74, 6) is 1.99. The highest BCUT2D eigenvalue weighted by Crippen LogP contribution is 2.29. The molecule has 2 fully saturated rings. The topological polar surface area (TPSA) is 61.8 Å². The summed E-state index contributed by atoms with van der Waals surface area (Å²) in [5, 5.41) is 9.65. The minimum absolute atomic E-state index is 0.0739. The third-order valence-corrected chi connectivity index (χ3v) is 7.20. The van der Waals surface area contributed by atoms with Crippen molar-refractivity contribution in [3.8, 4) is 17.0 Å². The monoisotopic (exact) mass is 491 g/mol. The molecule has 3 heterocycles. The summed E-state index contributed by atoms with van der Waals surface area (Å²) in [6, 6.07) is 19.7. The summed E-state index contributed by atoms with van der Waals surface area (Å²) in [4.78, 5) is 19.7. The SMILES string of the molecule is COc1ccccc1-c1ccc(N2CCC(C(=O)N3CCN(c4cccc(Cl)c4)CC3)CC2)nn1. The molecule has 8 heteroatoms. The minimum Gasteiger partial charge on any atom is -0.496 e. The van der Waals surface area contributed by atoms with Gasteiger partial charge in [-0.1, -0.05) is 29.8 Å². The number of piperidine rings is 1. The van der Waals surface area contributed by atoms with Crippen molar-refractivity contribution in [1.29, 1.82) is 0 Å². The van der Waals surface area contributed by atoms with Crippen LogP contribution in [0.3, 0.4) is 0 Å². The number of carbonyl (C=O) groups excluding carboxylic acids is 1. The summed E-state index contributed by atoms with van der Waals surface area (Å²) in [6.45, 7) is 4.78. The molecule has 0 saturated carbocycles. The molecule has 0 radical (unpaired) electrons. The van der Waals surface area contributed by atoms with Crippen molar-refractivity contribution < 1.29 is 9.53 Å². The average molecular weight is 492 g/mol. The van der Waals surface area contributed by atoms with Gasteiger partial charge in [0.1, 0.15) is 5.75 Å². The number of carbonyl (C=O) groups is 1. The van der Waals surface area contributed by atoms with E-state index in [2.05, 4.69) is 26.1 Å². The van der Waals surface area contributed by atoms with E-state index in [1.807, 2.05) is 59.5 Å². The quantitative estimate of drug-likeness (QED) is 0.528. The summed E-state index contributed by atoms with van der Waals surface area (Å²) in [6.07, 6.45) is 1.67. The fourth-order valence-corrected chi connectivity index (χ4v) is 5.15. The van der Waals surface area contributed by atoms with Gasteiger partial charge in [-0.15, -0.1) is 10.2 Å². The summed E-state index contributed by atoms with van der Waals surface area (Å²) in [7, 11) is 1.66. The summed E-state index contributed by atoms with van der Waals surface area (Å²) >= 11 is 6.14. The number of methoxy groups -OCH3 is 1. The number of ether oxygens (including phenoxy) is 1. The maximum Gasteiger partial charge on any atom is 0.225 e. The van der Waals surface area contributed by atoms with Gasteiger partial charge < -0.3 is 19.4 Å². The number of hydrogen-bond acceptors (Lipinski definition) is 6. The lowest BCUT2D eigenvalue weighted by molar-refractivity contribution is -0.136. The third kappa shape index (κ3) is 5.20. The second kappa shape index (κ2) is 10.5. The Hall–Kier alpha value is -3.32. The van der Waals surface area contributed by atoms with E-state index in [1.54, 1.807) is 7.11 Å². The molecule has 0 spiro atoms. The second-order valence-corrected chi connectivity index (χ2v) is 9.47. The summed E-state index contributed by atoms with van der Waals surface area (Å²) in [5.41, 5.74) is 2.83. The van der Waals surface area contributed by atoms with Gasteiger partial charge in [0.15, 0.2) is 5.82 Å². The molecule has 35 heavy (non-hydrogen) atoms. The number of aromatic nitrogens is 2.